The Morgan fingerprint density at radius 3 is 2.72 bits per heavy atom. The van der Waals surface area contributed by atoms with Gasteiger partial charge in [0.2, 0.25) is 0 Å². The van der Waals surface area contributed by atoms with E-state index in [0.717, 1.165) is 6.54 Å². The summed E-state index contributed by atoms with van der Waals surface area (Å²) in [7, 11) is 0. The highest BCUT2D eigenvalue weighted by Gasteiger charge is 2.26. The number of unbranched alkanes of at least 4 members (excludes halogenated alkanes) is 1. The van der Waals surface area contributed by atoms with Crippen molar-refractivity contribution in [2.24, 2.45) is 5.41 Å². The van der Waals surface area contributed by atoms with Crippen LogP contribution < -0.4 is 5.32 Å². The zero-order valence-electron chi connectivity index (χ0n) is 13.0. The molecule has 1 atom stereocenters. The molecule has 0 aliphatic heterocycles. The molecule has 1 heteroatoms. The Bertz CT molecular complexity index is 310. The van der Waals surface area contributed by atoms with Gasteiger partial charge in [-0.3, -0.25) is 0 Å². The third-order valence-electron chi connectivity index (χ3n) is 4.09. The molecule has 1 aliphatic carbocycles. The third kappa shape index (κ3) is 4.61. The number of nitrogens with one attached hydrogen (secondary N) is 1. The predicted molar refractivity (Wildman–Crippen MR) is 81.8 cm³/mol. The van der Waals surface area contributed by atoms with Crippen LogP contribution in [0.2, 0.25) is 0 Å². The van der Waals surface area contributed by atoms with Crippen LogP contribution in [-0.2, 0) is 0 Å². The zero-order chi connectivity index (χ0) is 13.6. The Hall–Kier alpha value is -0.560. The van der Waals surface area contributed by atoms with Crippen LogP contribution in [0.5, 0.6) is 0 Å². The molecule has 104 valence electrons. The fourth-order valence-corrected chi connectivity index (χ4v) is 2.83. The van der Waals surface area contributed by atoms with Gasteiger partial charge in [0.1, 0.15) is 0 Å². The van der Waals surface area contributed by atoms with Crippen LogP contribution in [0, 0.1) is 5.41 Å². The third-order valence-corrected chi connectivity index (χ3v) is 4.09. The predicted octanol–water partition coefficient (Wildman–Crippen LogP) is 4.85. The molecule has 0 radical (unpaired) electrons. The van der Waals surface area contributed by atoms with E-state index in [1.54, 1.807) is 11.1 Å². The van der Waals surface area contributed by atoms with E-state index in [4.69, 9.17) is 0 Å². The summed E-state index contributed by atoms with van der Waals surface area (Å²) in [5.74, 6) is 0. The molecule has 0 heterocycles. The molecule has 0 amide bonds. The molecule has 0 aromatic heterocycles. The van der Waals surface area contributed by atoms with Gasteiger partial charge in [0, 0.05) is 6.04 Å². The zero-order valence-corrected chi connectivity index (χ0v) is 13.0. The van der Waals surface area contributed by atoms with Gasteiger partial charge >= 0.3 is 0 Å². The normalized spacial score (nSPS) is 21.6. The molecule has 1 N–H and O–H groups in total. The second-order valence-corrected chi connectivity index (χ2v) is 6.39. The average Bonchev–Trinajstić information content (AvgIpc) is 2.28. The lowest BCUT2D eigenvalue weighted by atomic mass is 9.72. The van der Waals surface area contributed by atoms with Gasteiger partial charge in [0.25, 0.3) is 0 Å². The van der Waals surface area contributed by atoms with Gasteiger partial charge in [0.05, 0.1) is 0 Å². The van der Waals surface area contributed by atoms with Crippen molar-refractivity contribution in [2.75, 3.05) is 6.54 Å². The largest absolute Gasteiger partial charge is 0.311 e. The molecule has 0 unspecified atom stereocenters. The molecule has 0 spiro atoms. The van der Waals surface area contributed by atoms with E-state index in [0.29, 0.717) is 11.5 Å². The summed E-state index contributed by atoms with van der Waals surface area (Å²) in [6.45, 7) is 12.7. The van der Waals surface area contributed by atoms with Crippen LogP contribution in [0.25, 0.3) is 0 Å². The van der Waals surface area contributed by atoms with Crippen molar-refractivity contribution in [3.8, 4) is 0 Å². The van der Waals surface area contributed by atoms with E-state index in [1.807, 2.05) is 0 Å². The molecule has 0 aromatic rings. The SMILES string of the molecule is CCCCN[C@H](C)/C=C/C1=C(C)CCCC1(C)C. The molecule has 0 bridgehead atoms. The van der Waals surface area contributed by atoms with Crippen molar-refractivity contribution < 1.29 is 0 Å². The van der Waals surface area contributed by atoms with Crippen LogP contribution in [0.15, 0.2) is 23.3 Å². The standard InChI is InChI=1S/C17H31N/c1-6-7-13-18-15(3)10-11-16-14(2)9-8-12-17(16,4)5/h10-11,15,18H,6-9,12-13H2,1-5H3/b11-10+/t15-/m1/s1. The molecular weight excluding hydrogens is 218 g/mol. The van der Waals surface area contributed by atoms with E-state index in [1.165, 1.54) is 32.1 Å². The van der Waals surface area contributed by atoms with Gasteiger partial charge in [-0.05, 0) is 57.1 Å². The summed E-state index contributed by atoms with van der Waals surface area (Å²) < 4.78 is 0. The lowest BCUT2D eigenvalue weighted by Gasteiger charge is -2.33. The van der Waals surface area contributed by atoms with E-state index < -0.39 is 0 Å². The van der Waals surface area contributed by atoms with E-state index in [2.05, 4.69) is 52.1 Å². The summed E-state index contributed by atoms with van der Waals surface area (Å²) in [6, 6.07) is 0.481. The summed E-state index contributed by atoms with van der Waals surface area (Å²) in [4.78, 5) is 0. The first-order chi connectivity index (χ1) is 8.47. The minimum Gasteiger partial charge on any atom is -0.311 e. The van der Waals surface area contributed by atoms with Gasteiger partial charge in [-0.15, -0.1) is 0 Å². The van der Waals surface area contributed by atoms with Gasteiger partial charge in [0.15, 0.2) is 0 Å². The van der Waals surface area contributed by atoms with Crippen LogP contribution in [0.4, 0.5) is 0 Å². The minimum absolute atomic E-state index is 0.363. The second kappa shape index (κ2) is 7.13. The first kappa shape index (κ1) is 15.5. The van der Waals surface area contributed by atoms with Crippen LogP contribution in [0.1, 0.15) is 66.7 Å². The number of allylic oxidation sites excluding steroid dienone is 3. The fraction of sp³-hybridized carbons (Fsp3) is 0.765. The highest BCUT2D eigenvalue weighted by Crippen LogP contribution is 2.40. The van der Waals surface area contributed by atoms with Crippen LogP contribution >= 0.6 is 0 Å². The molecule has 18 heavy (non-hydrogen) atoms. The van der Waals surface area contributed by atoms with Crippen LogP contribution in [0.3, 0.4) is 0 Å². The highest BCUT2D eigenvalue weighted by molar-refractivity contribution is 5.33. The van der Waals surface area contributed by atoms with Gasteiger partial charge in [-0.25, -0.2) is 0 Å². The van der Waals surface area contributed by atoms with Crippen molar-refractivity contribution in [3.05, 3.63) is 23.3 Å². The molecule has 0 saturated carbocycles. The summed E-state index contributed by atoms with van der Waals surface area (Å²) in [5.41, 5.74) is 3.52. The molecule has 1 rings (SSSR count). The van der Waals surface area contributed by atoms with E-state index in [9.17, 15) is 0 Å². The Labute approximate surface area is 114 Å². The maximum absolute atomic E-state index is 3.56. The lowest BCUT2D eigenvalue weighted by molar-refractivity contribution is 0.376. The summed E-state index contributed by atoms with van der Waals surface area (Å²) in [5, 5.41) is 3.56. The average molecular weight is 249 g/mol. The van der Waals surface area contributed by atoms with Crippen molar-refractivity contribution in [3.63, 3.8) is 0 Å². The maximum Gasteiger partial charge on any atom is 0.0224 e. The van der Waals surface area contributed by atoms with Gasteiger partial charge in [-0.2, -0.15) is 0 Å². The molecule has 0 aromatic carbocycles. The first-order valence-electron chi connectivity index (χ1n) is 7.59. The minimum atomic E-state index is 0.363. The van der Waals surface area contributed by atoms with E-state index >= 15 is 0 Å². The fourth-order valence-electron chi connectivity index (χ4n) is 2.83. The first-order valence-corrected chi connectivity index (χ1v) is 7.59. The Morgan fingerprint density at radius 1 is 1.39 bits per heavy atom. The van der Waals surface area contributed by atoms with Crippen molar-refractivity contribution >= 4 is 0 Å². The number of rotatable bonds is 6. The second-order valence-electron chi connectivity index (χ2n) is 6.39. The number of hydrogen-bond acceptors (Lipinski definition) is 1. The monoisotopic (exact) mass is 249 g/mol. The highest BCUT2D eigenvalue weighted by atomic mass is 14.9. The Balaban J connectivity index is 2.59. The molecule has 1 aliphatic rings. The molecule has 1 nitrogen and oxygen atoms in total. The molecule has 0 fully saturated rings. The summed E-state index contributed by atoms with van der Waals surface area (Å²) >= 11 is 0. The van der Waals surface area contributed by atoms with Crippen LogP contribution in [-0.4, -0.2) is 12.6 Å². The van der Waals surface area contributed by atoms with E-state index in [-0.39, 0.29) is 0 Å². The van der Waals surface area contributed by atoms with Crippen molar-refractivity contribution in [1.82, 2.24) is 5.32 Å². The van der Waals surface area contributed by atoms with Crippen molar-refractivity contribution in [1.29, 1.82) is 0 Å². The van der Waals surface area contributed by atoms with Crippen molar-refractivity contribution in [2.45, 2.75) is 72.8 Å². The molecular formula is C17H31N. The smallest absolute Gasteiger partial charge is 0.0224 e. The maximum atomic E-state index is 3.56. The summed E-state index contributed by atoms with van der Waals surface area (Å²) in [6.07, 6.45) is 11.2. The quantitative estimate of drug-likeness (QED) is 0.664. The number of hydrogen-bond donors (Lipinski definition) is 1. The molecule has 0 saturated heterocycles. The Kier molecular flexibility index (Phi) is 6.14. The van der Waals surface area contributed by atoms with Gasteiger partial charge in [-0.1, -0.05) is 44.9 Å². The Morgan fingerprint density at radius 2 is 2.11 bits per heavy atom. The van der Waals surface area contributed by atoms with Gasteiger partial charge < -0.3 is 5.32 Å². The lowest BCUT2D eigenvalue weighted by Crippen LogP contribution is -2.25. The topological polar surface area (TPSA) is 12.0 Å².